The fraction of sp³-hybridized carbons (Fsp3) is 0.857. The van der Waals surface area contributed by atoms with Gasteiger partial charge in [-0.15, -0.1) is 0 Å². The first-order valence-electron chi connectivity index (χ1n) is 7.75. The second kappa shape index (κ2) is 17.8. The molecule has 0 saturated carbocycles. The van der Waals surface area contributed by atoms with Crippen LogP contribution in [0, 0.1) is 5.92 Å². The van der Waals surface area contributed by atoms with E-state index in [-0.39, 0.29) is 17.8 Å². The van der Waals surface area contributed by atoms with E-state index in [4.69, 9.17) is 21.9 Å². The summed E-state index contributed by atoms with van der Waals surface area (Å²) in [5.74, 6) is 0.107. The molecule has 8 nitrogen and oxygen atoms in total. The van der Waals surface area contributed by atoms with Crippen LogP contribution < -0.4 is 27.8 Å². The Bertz CT molecular complexity index is 269. The van der Waals surface area contributed by atoms with Crippen molar-refractivity contribution in [2.75, 3.05) is 45.9 Å². The zero-order valence-corrected chi connectivity index (χ0v) is 13.9. The fourth-order valence-electron chi connectivity index (χ4n) is 1.57. The second-order valence-corrected chi connectivity index (χ2v) is 4.63. The molecular weight excluding hydrogens is 286 g/mol. The molecule has 1 amide bonds. The summed E-state index contributed by atoms with van der Waals surface area (Å²) in [6, 6.07) is 0. The minimum Gasteiger partial charge on any atom is -0.466 e. The molecule has 1 aliphatic rings. The Morgan fingerprint density at radius 1 is 1.14 bits per heavy atom. The Balaban J connectivity index is 0. The lowest BCUT2D eigenvalue weighted by molar-refractivity contribution is -0.148. The first-order chi connectivity index (χ1) is 10.5. The van der Waals surface area contributed by atoms with Crippen molar-refractivity contribution in [2.45, 2.75) is 26.7 Å². The third-order valence-corrected chi connectivity index (χ3v) is 2.64. The number of piperidine rings is 1. The first kappa shape index (κ1) is 23.1. The van der Waals surface area contributed by atoms with Crippen molar-refractivity contribution in [3.05, 3.63) is 0 Å². The molecule has 1 rings (SSSR count). The summed E-state index contributed by atoms with van der Waals surface area (Å²) in [7, 11) is 0. The van der Waals surface area contributed by atoms with Gasteiger partial charge in [0, 0.05) is 33.1 Å². The largest absolute Gasteiger partial charge is 0.466 e. The lowest BCUT2D eigenvalue weighted by Crippen LogP contribution is -2.32. The number of rotatable bonds is 5. The van der Waals surface area contributed by atoms with Crippen molar-refractivity contribution in [1.82, 2.24) is 10.6 Å². The summed E-state index contributed by atoms with van der Waals surface area (Å²) in [5.41, 5.74) is 14.9. The lowest BCUT2D eigenvalue weighted by atomic mass is 9.99. The molecule has 0 radical (unpaired) electrons. The van der Waals surface area contributed by atoms with Crippen LogP contribution in [0.5, 0.6) is 0 Å². The molecule has 8 heteroatoms. The number of hydrogen-bond acceptors (Lipinski definition) is 7. The molecule has 0 aromatic heterocycles. The summed E-state index contributed by atoms with van der Waals surface area (Å²) >= 11 is 0. The smallest absolute Gasteiger partial charge is 0.309 e. The molecule has 0 unspecified atom stereocenters. The molecule has 1 heterocycles. The number of esters is 1. The van der Waals surface area contributed by atoms with Gasteiger partial charge in [-0.25, -0.2) is 0 Å². The molecule has 0 aliphatic carbocycles. The number of nitrogens with one attached hydrogen (secondary N) is 2. The Morgan fingerprint density at radius 2 is 1.68 bits per heavy atom. The quantitative estimate of drug-likeness (QED) is 0.389. The summed E-state index contributed by atoms with van der Waals surface area (Å²) in [6.07, 6.45) is 1.86. The van der Waals surface area contributed by atoms with Gasteiger partial charge in [-0.05, 0) is 32.9 Å². The van der Waals surface area contributed by atoms with Crippen LogP contribution in [-0.2, 0) is 14.3 Å². The summed E-state index contributed by atoms with van der Waals surface area (Å²) in [5, 5.41) is 5.74. The number of nitrogens with two attached hydrogens (primary N) is 3. The van der Waals surface area contributed by atoms with Crippen LogP contribution in [0.2, 0.25) is 0 Å². The number of ether oxygens (including phenoxy) is 1. The van der Waals surface area contributed by atoms with Gasteiger partial charge in [0.15, 0.2) is 0 Å². The maximum absolute atomic E-state index is 11.1. The molecular formula is C14H33N5O3. The third kappa shape index (κ3) is 16.8. The zero-order valence-electron chi connectivity index (χ0n) is 13.9. The van der Waals surface area contributed by atoms with Gasteiger partial charge < -0.3 is 32.6 Å². The minimum absolute atomic E-state index is 0.0194. The van der Waals surface area contributed by atoms with Crippen LogP contribution in [-0.4, -0.2) is 57.8 Å². The van der Waals surface area contributed by atoms with Crippen molar-refractivity contribution in [3.8, 4) is 0 Å². The molecule has 0 atom stereocenters. The highest BCUT2D eigenvalue weighted by Gasteiger charge is 2.21. The molecule has 0 bridgehead atoms. The normalized spacial score (nSPS) is 13.9. The van der Waals surface area contributed by atoms with E-state index >= 15 is 0 Å². The van der Waals surface area contributed by atoms with Crippen LogP contribution in [0.4, 0.5) is 0 Å². The van der Waals surface area contributed by atoms with E-state index < -0.39 is 0 Å². The van der Waals surface area contributed by atoms with E-state index in [9.17, 15) is 9.59 Å². The van der Waals surface area contributed by atoms with Crippen LogP contribution in [0.3, 0.4) is 0 Å². The van der Waals surface area contributed by atoms with Crippen LogP contribution in [0.15, 0.2) is 0 Å². The van der Waals surface area contributed by atoms with Crippen LogP contribution in [0.1, 0.15) is 26.7 Å². The summed E-state index contributed by atoms with van der Waals surface area (Å²) < 4.78 is 4.91. The van der Waals surface area contributed by atoms with Gasteiger partial charge in [0.1, 0.15) is 0 Å². The average Bonchev–Trinajstić information content (AvgIpc) is 2.54. The van der Waals surface area contributed by atoms with Crippen molar-refractivity contribution < 1.29 is 14.3 Å². The van der Waals surface area contributed by atoms with Crippen LogP contribution in [0.25, 0.3) is 0 Å². The lowest BCUT2D eigenvalue weighted by Gasteiger charge is -2.20. The van der Waals surface area contributed by atoms with E-state index in [1.54, 1.807) is 0 Å². The highest BCUT2D eigenvalue weighted by atomic mass is 16.5. The standard InChI is InChI=1S/C8H15NO2.C4H10N2O.C2H8N2/c1-2-11-8(10)7-3-5-9-6-4-7;1-4(7)6-3-2-5;3-1-2-4/h7,9H,2-6H2,1H3;2-3,5H2,1H3,(H,6,7);1-4H2. The predicted molar refractivity (Wildman–Crippen MR) is 88.1 cm³/mol. The second-order valence-electron chi connectivity index (χ2n) is 4.63. The van der Waals surface area contributed by atoms with Gasteiger partial charge in [0.2, 0.25) is 5.91 Å². The van der Waals surface area contributed by atoms with Gasteiger partial charge in [-0.1, -0.05) is 0 Å². The number of carbonyl (C=O) groups excluding carboxylic acids is 2. The average molecular weight is 319 g/mol. The van der Waals surface area contributed by atoms with E-state index in [1.807, 2.05) is 6.92 Å². The highest BCUT2D eigenvalue weighted by Crippen LogP contribution is 2.12. The van der Waals surface area contributed by atoms with E-state index in [2.05, 4.69) is 10.6 Å². The minimum atomic E-state index is -0.0227. The highest BCUT2D eigenvalue weighted by molar-refractivity contribution is 5.72. The SMILES string of the molecule is CC(=O)NCCN.CCOC(=O)C1CCNCC1.NCCN. The molecule has 8 N–H and O–H groups in total. The van der Waals surface area contributed by atoms with Gasteiger partial charge >= 0.3 is 5.97 Å². The molecule has 1 aliphatic heterocycles. The molecule has 1 saturated heterocycles. The third-order valence-electron chi connectivity index (χ3n) is 2.64. The Morgan fingerprint density at radius 3 is 2.00 bits per heavy atom. The van der Waals surface area contributed by atoms with Gasteiger partial charge in [0.05, 0.1) is 12.5 Å². The first-order valence-corrected chi connectivity index (χ1v) is 7.75. The topological polar surface area (TPSA) is 145 Å². The number of amides is 1. The predicted octanol–water partition coefficient (Wildman–Crippen LogP) is -1.47. The fourth-order valence-corrected chi connectivity index (χ4v) is 1.57. The van der Waals surface area contributed by atoms with E-state index in [0.29, 0.717) is 32.8 Å². The van der Waals surface area contributed by atoms with Crippen LogP contribution >= 0.6 is 0 Å². The Kier molecular flexibility index (Phi) is 18.7. The van der Waals surface area contributed by atoms with Crippen molar-refractivity contribution in [2.24, 2.45) is 23.1 Å². The zero-order chi connectivity index (χ0) is 17.2. The molecule has 0 aromatic carbocycles. The Labute approximate surface area is 133 Å². The maximum Gasteiger partial charge on any atom is 0.309 e. The van der Waals surface area contributed by atoms with Crippen molar-refractivity contribution in [3.63, 3.8) is 0 Å². The van der Waals surface area contributed by atoms with Crippen molar-refractivity contribution >= 4 is 11.9 Å². The van der Waals surface area contributed by atoms with E-state index in [0.717, 1.165) is 25.9 Å². The van der Waals surface area contributed by atoms with Gasteiger partial charge in [-0.3, -0.25) is 9.59 Å². The molecule has 0 spiro atoms. The monoisotopic (exact) mass is 319 g/mol. The Hall–Kier alpha value is -1.22. The van der Waals surface area contributed by atoms with E-state index in [1.165, 1.54) is 6.92 Å². The molecule has 22 heavy (non-hydrogen) atoms. The van der Waals surface area contributed by atoms with Gasteiger partial charge in [-0.2, -0.15) is 0 Å². The molecule has 0 aromatic rings. The molecule has 1 fully saturated rings. The van der Waals surface area contributed by atoms with Gasteiger partial charge in [0.25, 0.3) is 0 Å². The summed E-state index contributed by atoms with van der Waals surface area (Å²) in [6.45, 7) is 8.00. The maximum atomic E-state index is 11.1. The molecule has 132 valence electrons. The number of carbonyl (C=O) groups is 2. The summed E-state index contributed by atoms with van der Waals surface area (Å²) in [4.78, 5) is 21.2. The number of hydrogen-bond donors (Lipinski definition) is 5. The van der Waals surface area contributed by atoms with Crippen molar-refractivity contribution in [1.29, 1.82) is 0 Å².